The average Bonchev–Trinajstić information content (AvgIpc) is 2.88. The number of ether oxygens (including phenoxy) is 1. The normalized spacial score (nSPS) is 20.4. The minimum absolute atomic E-state index is 0.0299. The Morgan fingerprint density at radius 2 is 2.23 bits per heavy atom. The van der Waals surface area contributed by atoms with E-state index in [2.05, 4.69) is 14.8 Å². The molecule has 0 saturated carbocycles. The Hall–Kier alpha value is -2.57. The first kappa shape index (κ1) is 15.8. The molecule has 22 heavy (non-hydrogen) atoms. The molecule has 1 saturated heterocycles. The predicted molar refractivity (Wildman–Crippen MR) is 77.4 cm³/mol. The number of aryl methyl sites for hydroxylation is 1. The summed E-state index contributed by atoms with van der Waals surface area (Å²) < 4.78 is 4.67. The lowest BCUT2D eigenvalue weighted by Gasteiger charge is -2.23. The van der Waals surface area contributed by atoms with Crippen molar-refractivity contribution in [2.24, 2.45) is 5.11 Å². The highest BCUT2D eigenvalue weighted by Crippen LogP contribution is 2.27. The van der Waals surface area contributed by atoms with Gasteiger partial charge in [-0.15, -0.1) is 0 Å². The molecule has 0 spiro atoms. The fourth-order valence-electron chi connectivity index (χ4n) is 2.51. The lowest BCUT2D eigenvalue weighted by molar-refractivity contribution is -0.145. The molecule has 1 amide bonds. The third-order valence-corrected chi connectivity index (χ3v) is 3.55. The van der Waals surface area contributed by atoms with Crippen LogP contribution in [0.5, 0.6) is 0 Å². The molecule has 1 aromatic carbocycles. The maximum Gasteiger partial charge on any atom is 0.328 e. The first-order valence-corrected chi connectivity index (χ1v) is 6.70. The number of carbonyl (C=O) groups is 2. The van der Waals surface area contributed by atoms with Crippen LogP contribution in [0.4, 0.5) is 5.69 Å². The molecule has 1 N–H and O–H groups in total. The van der Waals surface area contributed by atoms with Crippen molar-refractivity contribution >= 4 is 17.6 Å². The standard InChI is InChI=1S/C14H16N4O4/c1-8-3-4-10(11(5-8)16-17-15)13(20)18-7-9(19)6-12(18)14(21)22-2/h3-5,9,12,19H,6-7H2,1-2H3/t9?,12-/m0/s1. The van der Waals surface area contributed by atoms with E-state index < -0.39 is 24.0 Å². The Labute approximate surface area is 126 Å². The Morgan fingerprint density at radius 3 is 2.86 bits per heavy atom. The van der Waals surface area contributed by atoms with E-state index in [1.807, 2.05) is 6.92 Å². The van der Waals surface area contributed by atoms with E-state index in [0.717, 1.165) is 5.56 Å². The van der Waals surface area contributed by atoms with E-state index in [-0.39, 0.29) is 24.2 Å². The molecule has 1 aliphatic heterocycles. The first-order valence-electron chi connectivity index (χ1n) is 6.70. The molecule has 1 heterocycles. The summed E-state index contributed by atoms with van der Waals surface area (Å²) in [5.41, 5.74) is 9.84. The van der Waals surface area contributed by atoms with Crippen molar-refractivity contribution in [1.82, 2.24) is 4.90 Å². The molecule has 0 bridgehead atoms. The number of amides is 1. The van der Waals surface area contributed by atoms with Crippen molar-refractivity contribution < 1.29 is 19.4 Å². The topological polar surface area (TPSA) is 116 Å². The predicted octanol–water partition coefficient (Wildman–Crippen LogP) is 1.69. The largest absolute Gasteiger partial charge is 0.467 e. The summed E-state index contributed by atoms with van der Waals surface area (Å²) >= 11 is 0. The Balaban J connectivity index is 2.38. The molecular formula is C14H16N4O4. The number of methoxy groups -OCH3 is 1. The van der Waals surface area contributed by atoms with Gasteiger partial charge >= 0.3 is 5.97 Å². The number of nitrogens with zero attached hydrogens (tertiary/aromatic N) is 4. The molecule has 8 heteroatoms. The zero-order valence-corrected chi connectivity index (χ0v) is 12.3. The second kappa shape index (κ2) is 6.46. The third-order valence-electron chi connectivity index (χ3n) is 3.55. The minimum Gasteiger partial charge on any atom is -0.467 e. The van der Waals surface area contributed by atoms with Gasteiger partial charge in [-0.05, 0) is 24.6 Å². The number of carbonyl (C=O) groups excluding carboxylic acids is 2. The van der Waals surface area contributed by atoms with Gasteiger partial charge in [0, 0.05) is 23.4 Å². The zero-order valence-electron chi connectivity index (χ0n) is 12.3. The number of β-amino-alcohol motifs (C(OH)–C–C–N with tert-alkyl or cyclic N) is 1. The number of aliphatic hydroxyl groups excluding tert-OH is 1. The number of benzene rings is 1. The van der Waals surface area contributed by atoms with Crippen molar-refractivity contribution in [3.63, 3.8) is 0 Å². The maximum absolute atomic E-state index is 12.7. The molecule has 2 rings (SSSR count). The number of azide groups is 1. The van der Waals surface area contributed by atoms with Crippen molar-refractivity contribution in [1.29, 1.82) is 0 Å². The number of likely N-dealkylation sites (tertiary alicyclic amines) is 1. The summed E-state index contributed by atoms with van der Waals surface area (Å²) in [5.74, 6) is -1.06. The van der Waals surface area contributed by atoms with Crippen molar-refractivity contribution in [3.05, 3.63) is 39.8 Å². The van der Waals surface area contributed by atoms with Gasteiger partial charge in [0.25, 0.3) is 5.91 Å². The van der Waals surface area contributed by atoms with Gasteiger partial charge in [0.05, 0.1) is 18.9 Å². The minimum atomic E-state index is -0.840. The quantitative estimate of drug-likeness (QED) is 0.396. The Morgan fingerprint density at radius 1 is 1.50 bits per heavy atom. The molecule has 0 aromatic heterocycles. The van der Waals surface area contributed by atoms with E-state index in [0.29, 0.717) is 0 Å². The van der Waals surface area contributed by atoms with E-state index in [9.17, 15) is 14.7 Å². The highest BCUT2D eigenvalue weighted by Gasteiger charge is 2.40. The molecule has 2 atom stereocenters. The van der Waals surface area contributed by atoms with Crippen LogP contribution in [-0.2, 0) is 9.53 Å². The summed E-state index contributed by atoms with van der Waals surface area (Å²) in [5, 5.41) is 13.3. The summed E-state index contributed by atoms with van der Waals surface area (Å²) in [4.78, 5) is 28.4. The summed E-state index contributed by atoms with van der Waals surface area (Å²) in [6, 6.07) is 4.00. The average molecular weight is 304 g/mol. The van der Waals surface area contributed by atoms with E-state index >= 15 is 0 Å². The van der Waals surface area contributed by atoms with E-state index in [1.165, 1.54) is 12.0 Å². The molecule has 1 fully saturated rings. The smallest absolute Gasteiger partial charge is 0.328 e. The first-order chi connectivity index (χ1) is 10.5. The number of esters is 1. The summed E-state index contributed by atoms with van der Waals surface area (Å²) in [7, 11) is 1.23. The number of hydrogen-bond donors (Lipinski definition) is 1. The molecule has 1 unspecified atom stereocenters. The molecule has 8 nitrogen and oxygen atoms in total. The monoisotopic (exact) mass is 304 g/mol. The summed E-state index contributed by atoms with van der Waals surface area (Å²) in [6.07, 6.45) is -0.664. The van der Waals surface area contributed by atoms with Crippen LogP contribution in [0, 0.1) is 6.92 Å². The molecular weight excluding hydrogens is 288 g/mol. The highest BCUT2D eigenvalue weighted by molar-refractivity contribution is 6.01. The Kier molecular flexibility index (Phi) is 4.65. The molecule has 0 radical (unpaired) electrons. The summed E-state index contributed by atoms with van der Waals surface area (Å²) in [6.45, 7) is 1.84. The SMILES string of the molecule is COC(=O)[C@@H]1CC(O)CN1C(=O)c1ccc(C)cc1N=[N+]=[N-]. The van der Waals surface area contributed by atoms with Crippen LogP contribution < -0.4 is 0 Å². The molecule has 1 aromatic rings. The lowest BCUT2D eigenvalue weighted by Crippen LogP contribution is -2.41. The lowest BCUT2D eigenvalue weighted by atomic mass is 10.1. The van der Waals surface area contributed by atoms with E-state index in [4.69, 9.17) is 5.53 Å². The second-order valence-electron chi connectivity index (χ2n) is 5.10. The van der Waals surface area contributed by atoms with Gasteiger partial charge in [-0.2, -0.15) is 0 Å². The molecule has 116 valence electrons. The van der Waals surface area contributed by atoms with Gasteiger partial charge in [0.1, 0.15) is 6.04 Å². The van der Waals surface area contributed by atoms with Gasteiger partial charge in [-0.3, -0.25) is 4.79 Å². The third kappa shape index (κ3) is 3.03. The van der Waals surface area contributed by atoms with Gasteiger partial charge in [0.2, 0.25) is 0 Å². The number of rotatable bonds is 3. The Bertz CT molecular complexity index is 654. The van der Waals surface area contributed by atoms with Gasteiger partial charge in [-0.1, -0.05) is 16.7 Å². The van der Waals surface area contributed by atoms with Crippen LogP contribution in [0.25, 0.3) is 10.4 Å². The van der Waals surface area contributed by atoms with Crippen LogP contribution in [0.2, 0.25) is 0 Å². The molecule has 1 aliphatic rings. The van der Waals surface area contributed by atoms with Crippen molar-refractivity contribution in [2.45, 2.75) is 25.5 Å². The van der Waals surface area contributed by atoms with Crippen LogP contribution >= 0.6 is 0 Å². The fourth-order valence-corrected chi connectivity index (χ4v) is 2.51. The van der Waals surface area contributed by atoms with E-state index in [1.54, 1.807) is 18.2 Å². The second-order valence-corrected chi connectivity index (χ2v) is 5.10. The number of aliphatic hydroxyl groups is 1. The van der Waals surface area contributed by atoms with Crippen molar-refractivity contribution in [2.75, 3.05) is 13.7 Å². The van der Waals surface area contributed by atoms with Crippen LogP contribution in [-0.4, -0.2) is 47.7 Å². The van der Waals surface area contributed by atoms with Crippen LogP contribution in [0.1, 0.15) is 22.3 Å². The van der Waals surface area contributed by atoms with Gasteiger partial charge in [0.15, 0.2) is 0 Å². The molecule has 0 aliphatic carbocycles. The van der Waals surface area contributed by atoms with Crippen LogP contribution in [0.15, 0.2) is 23.3 Å². The van der Waals surface area contributed by atoms with Gasteiger partial charge < -0.3 is 14.7 Å². The fraction of sp³-hybridized carbons (Fsp3) is 0.429. The maximum atomic E-state index is 12.7. The highest BCUT2D eigenvalue weighted by atomic mass is 16.5. The number of hydrogen-bond acceptors (Lipinski definition) is 5. The van der Waals surface area contributed by atoms with Gasteiger partial charge in [-0.25, -0.2) is 4.79 Å². The van der Waals surface area contributed by atoms with Crippen LogP contribution in [0.3, 0.4) is 0 Å². The van der Waals surface area contributed by atoms with Crippen molar-refractivity contribution in [3.8, 4) is 0 Å². The zero-order chi connectivity index (χ0) is 16.3.